The summed E-state index contributed by atoms with van der Waals surface area (Å²) in [5, 5.41) is 8.52. The summed E-state index contributed by atoms with van der Waals surface area (Å²) >= 11 is 0. The number of rotatable bonds is 0. The lowest BCUT2D eigenvalue weighted by Crippen LogP contribution is -2.32. The lowest BCUT2D eigenvalue weighted by atomic mass is 10.4. The SMILES string of the molecule is NC1C2CN(C(=O)O)CC12. The molecule has 0 aromatic carbocycles. The van der Waals surface area contributed by atoms with Crippen LogP contribution in [0.1, 0.15) is 0 Å². The molecule has 2 aliphatic rings. The molecule has 4 heteroatoms. The second-order valence-corrected chi connectivity index (χ2v) is 3.09. The molecule has 0 spiro atoms. The van der Waals surface area contributed by atoms with E-state index in [1.54, 1.807) is 0 Å². The number of nitrogens with two attached hydrogens (primary N) is 1. The quantitative estimate of drug-likeness (QED) is 0.481. The van der Waals surface area contributed by atoms with E-state index in [1.165, 1.54) is 4.90 Å². The zero-order valence-corrected chi connectivity index (χ0v) is 5.53. The lowest BCUT2D eigenvalue weighted by Gasteiger charge is -2.13. The third kappa shape index (κ3) is 0.623. The van der Waals surface area contributed by atoms with Gasteiger partial charge in [0.1, 0.15) is 0 Å². The van der Waals surface area contributed by atoms with Gasteiger partial charge in [-0.3, -0.25) is 0 Å². The number of nitrogens with zero attached hydrogens (tertiary/aromatic N) is 1. The van der Waals surface area contributed by atoms with E-state index < -0.39 is 6.09 Å². The Labute approximate surface area is 58.6 Å². The number of carbonyl (C=O) groups is 1. The van der Waals surface area contributed by atoms with Crippen molar-refractivity contribution in [1.82, 2.24) is 4.90 Å². The summed E-state index contributed by atoms with van der Waals surface area (Å²) in [4.78, 5) is 11.8. The number of amides is 1. The number of hydrogen-bond donors (Lipinski definition) is 2. The van der Waals surface area contributed by atoms with Crippen LogP contribution in [0.15, 0.2) is 0 Å². The van der Waals surface area contributed by atoms with Crippen molar-refractivity contribution in [3.8, 4) is 0 Å². The summed E-state index contributed by atoms with van der Waals surface area (Å²) in [6, 6.07) is 0.288. The molecular formula is C6H10N2O2. The summed E-state index contributed by atoms with van der Waals surface area (Å²) in [6.07, 6.45) is -0.806. The Balaban J connectivity index is 1.95. The van der Waals surface area contributed by atoms with E-state index in [9.17, 15) is 4.79 Å². The molecular weight excluding hydrogens is 132 g/mol. The summed E-state index contributed by atoms with van der Waals surface area (Å²) in [7, 11) is 0. The Hall–Kier alpha value is -0.770. The van der Waals surface area contributed by atoms with Crippen molar-refractivity contribution in [3.63, 3.8) is 0 Å². The minimum atomic E-state index is -0.806. The normalized spacial score (nSPS) is 43.3. The van der Waals surface area contributed by atoms with Crippen molar-refractivity contribution in [2.75, 3.05) is 13.1 Å². The van der Waals surface area contributed by atoms with Gasteiger partial charge in [0.05, 0.1) is 0 Å². The molecule has 0 aromatic heterocycles. The van der Waals surface area contributed by atoms with Crippen LogP contribution in [-0.2, 0) is 0 Å². The van der Waals surface area contributed by atoms with Gasteiger partial charge < -0.3 is 15.7 Å². The maximum absolute atomic E-state index is 10.4. The second kappa shape index (κ2) is 1.63. The van der Waals surface area contributed by atoms with Crippen LogP contribution in [0.25, 0.3) is 0 Å². The zero-order chi connectivity index (χ0) is 7.30. The first-order chi connectivity index (χ1) is 4.70. The maximum Gasteiger partial charge on any atom is 0.407 e. The molecule has 10 heavy (non-hydrogen) atoms. The van der Waals surface area contributed by atoms with E-state index in [-0.39, 0.29) is 6.04 Å². The van der Waals surface area contributed by atoms with Gasteiger partial charge >= 0.3 is 6.09 Å². The van der Waals surface area contributed by atoms with Crippen molar-refractivity contribution < 1.29 is 9.90 Å². The number of likely N-dealkylation sites (tertiary alicyclic amines) is 1. The van der Waals surface area contributed by atoms with Crippen LogP contribution in [0.3, 0.4) is 0 Å². The van der Waals surface area contributed by atoms with Crippen LogP contribution in [0.2, 0.25) is 0 Å². The fourth-order valence-corrected chi connectivity index (χ4v) is 1.73. The fourth-order valence-electron chi connectivity index (χ4n) is 1.73. The van der Waals surface area contributed by atoms with E-state index in [2.05, 4.69) is 0 Å². The van der Waals surface area contributed by atoms with Gasteiger partial charge in [0.25, 0.3) is 0 Å². The molecule has 4 nitrogen and oxygen atoms in total. The molecule has 0 aromatic rings. The van der Waals surface area contributed by atoms with Gasteiger partial charge in [-0.15, -0.1) is 0 Å². The maximum atomic E-state index is 10.4. The number of carboxylic acid groups (broad SMARTS) is 1. The molecule has 1 aliphatic carbocycles. The highest BCUT2D eigenvalue weighted by Gasteiger charge is 2.54. The second-order valence-electron chi connectivity index (χ2n) is 3.09. The Morgan fingerprint density at radius 2 is 2.00 bits per heavy atom. The highest BCUT2D eigenvalue weighted by atomic mass is 16.4. The molecule has 0 bridgehead atoms. The van der Waals surface area contributed by atoms with E-state index in [0.29, 0.717) is 24.9 Å². The standard InChI is InChI=1S/C6H10N2O2/c7-5-3-1-8(6(9)10)2-4(3)5/h3-5H,1-2,7H2,(H,9,10). The molecule has 2 unspecified atom stereocenters. The van der Waals surface area contributed by atoms with Crippen LogP contribution < -0.4 is 5.73 Å². The minimum absolute atomic E-state index is 0.288. The molecule has 3 N–H and O–H groups in total. The van der Waals surface area contributed by atoms with E-state index in [0.717, 1.165) is 0 Å². The number of hydrogen-bond acceptors (Lipinski definition) is 2. The smallest absolute Gasteiger partial charge is 0.407 e. The van der Waals surface area contributed by atoms with Crippen molar-refractivity contribution in [2.24, 2.45) is 17.6 Å². The van der Waals surface area contributed by atoms with Gasteiger partial charge in [0.15, 0.2) is 0 Å². The van der Waals surface area contributed by atoms with Gasteiger partial charge in [-0.1, -0.05) is 0 Å². The van der Waals surface area contributed by atoms with Gasteiger partial charge in [-0.05, 0) is 11.8 Å². The third-order valence-corrected chi connectivity index (χ3v) is 2.53. The molecule has 1 saturated carbocycles. The molecule has 2 rings (SSSR count). The Morgan fingerprint density at radius 3 is 2.40 bits per heavy atom. The average Bonchev–Trinajstić information content (AvgIpc) is 2.38. The number of fused-ring (bicyclic) bond motifs is 1. The predicted molar refractivity (Wildman–Crippen MR) is 34.6 cm³/mol. The highest BCUT2D eigenvalue weighted by Crippen LogP contribution is 2.43. The molecule has 56 valence electrons. The molecule has 2 atom stereocenters. The van der Waals surface area contributed by atoms with Crippen molar-refractivity contribution in [3.05, 3.63) is 0 Å². The number of piperidine rings is 1. The van der Waals surface area contributed by atoms with Gasteiger partial charge in [-0.25, -0.2) is 4.79 Å². The van der Waals surface area contributed by atoms with Crippen molar-refractivity contribution >= 4 is 6.09 Å². The Morgan fingerprint density at radius 1 is 1.50 bits per heavy atom. The summed E-state index contributed by atoms with van der Waals surface area (Å²) in [5.74, 6) is 0.937. The van der Waals surface area contributed by atoms with E-state index >= 15 is 0 Å². The van der Waals surface area contributed by atoms with Crippen LogP contribution in [0.5, 0.6) is 0 Å². The predicted octanol–water partition coefficient (Wildman–Crippen LogP) is -0.447. The molecule has 1 amide bonds. The third-order valence-electron chi connectivity index (χ3n) is 2.53. The summed E-state index contributed by atoms with van der Waals surface area (Å²) in [5.41, 5.74) is 5.61. The first kappa shape index (κ1) is 5.97. The minimum Gasteiger partial charge on any atom is -0.465 e. The van der Waals surface area contributed by atoms with Crippen LogP contribution in [0, 0.1) is 11.8 Å². The molecule has 1 aliphatic heterocycles. The van der Waals surface area contributed by atoms with Crippen molar-refractivity contribution in [1.29, 1.82) is 0 Å². The van der Waals surface area contributed by atoms with E-state index in [4.69, 9.17) is 10.8 Å². The van der Waals surface area contributed by atoms with Crippen molar-refractivity contribution in [2.45, 2.75) is 6.04 Å². The highest BCUT2D eigenvalue weighted by molar-refractivity contribution is 5.65. The Kier molecular flexibility index (Phi) is 0.976. The van der Waals surface area contributed by atoms with Gasteiger partial charge in [0, 0.05) is 19.1 Å². The van der Waals surface area contributed by atoms with Crippen LogP contribution in [-0.4, -0.2) is 35.2 Å². The van der Waals surface area contributed by atoms with Gasteiger partial charge in [-0.2, -0.15) is 0 Å². The Bertz CT molecular complexity index is 171. The van der Waals surface area contributed by atoms with Crippen LogP contribution >= 0.6 is 0 Å². The average molecular weight is 142 g/mol. The molecule has 1 saturated heterocycles. The fraction of sp³-hybridized carbons (Fsp3) is 0.833. The van der Waals surface area contributed by atoms with E-state index in [1.807, 2.05) is 0 Å². The molecule has 1 heterocycles. The summed E-state index contributed by atoms with van der Waals surface area (Å²) < 4.78 is 0. The first-order valence-electron chi connectivity index (χ1n) is 3.43. The summed E-state index contributed by atoms with van der Waals surface area (Å²) in [6.45, 7) is 1.31. The largest absolute Gasteiger partial charge is 0.465 e. The zero-order valence-electron chi connectivity index (χ0n) is 5.53. The molecule has 0 radical (unpaired) electrons. The topological polar surface area (TPSA) is 66.6 Å². The van der Waals surface area contributed by atoms with Crippen LogP contribution in [0.4, 0.5) is 4.79 Å². The lowest BCUT2D eigenvalue weighted by molar-refractivity contribution is 0.150. The molecule has 2 fully saturated rings. The van der Waals surface area contributed by atoms with Gasteiger partial charge in [0.2, 0.25) is 0 Å². The first-order valence-corrected chi connectivity index (χ1v) is 3.43. The monoisotopic (exact) mass is 142 g/mol.